The number of nitrogens with zero attached hydrogens (tertiary/aromatic N) is 6. The topological polar surface area (TPSA) is 85.2 Å². The third kappa shape index (κ3) is 6.35. The number of unbranched alkanes of at least 4 members (excludes halogenated alkanes) is 2. The molecular formula is C26H31F2N7. The molecule has 0 fully saturated rings. The molecule has 184 valence electrons. The zero-order valence-electron chi connectivity index (χ0n) is 20.2. The third-order valence-electron chi connectivity index (χ3n) is 5.95. The predicted octanol–water partition coefficient (Wildman–Crippen LogP) is 5.72. The highest BCUT2D eigenvalue weighted by atomic mass is 19.3. The Morgan fingerprint density at radius 2 is 1.74 bits per heavy atom. The van der Waals surface area contributed by atoms with Crippen molar-refractivity contribution in [2.24, 2.45) is 0 Å². The van der Waals surface area contributed by atoms with E-state index in [9.17, 15) is 8.78 Å². The van der Waals surface area contributed by atoms with Gasteiger partial charge in [0, 0.05) is 18.4 Å². The molecule has 2 aromatic carbocycles. The summed E-state index contributed by atoms with van der Waals surface area (Å²) in [6.45, 7) is 4.29. The van der Waals surface area contributed by atoms with Gasteiger partial charge in [-0.05, 0) is 52.4 Å². The molecule has 0 saturated carbocycles. The number of aromatic amines is 1. The lowest BCUT2D eigenvalue weighted by atomic mass is 10.0. The standard InChI is InChI=1S/C26H31F2N7/c1-3-5-6-10-23-29-25(26(27,28)15-4-2)32-35(23)18-20-13-11-19(12-14-20)16-21-8-7-9-22(17-21)24-30-33-34-31-24/h7-9,11-14,17H,3-6,10,15-16,18H2,1-2H3,(H,30,31,33,34). The normalized spacial score (nSPS) is 11.8. The minimum absolute atomic E-state index is 0.242. The molecule has 0 saturated heterocycles. The fraction of sp³-hybridized carbons (Fsp3) is 0.423. The largest absolute Gasteiger partial charge is 0.308 e. The van der Waals surface area contributed by atoms with Crippen molar-refractivity contribution in [3.8, 4) is 11.4 Å². The van der Waals surface area contributed by atoms with E-state index in [1.807, 2.05) is 24.3 Å². The second-order valence-electron chi connectivity index (χ2n) is 8.86. The summed E-state index contributed by atoms with van der Waals surface area (Å²) in [6, 6.07) is 16.3. The van der Waals surface area contributed by atoms with Crippen molar-refractivity contribution >= 4 is 0 Å². The molecule has 0 aliphatic rings. The van der Waals surface area contributed by atoms with Crippen LogP contribution in [0.4, 0.5) is 8.78 Å². The summed E-state index contributed by atoms with van der Waals surface area (Å²) in [5.41, 5.74) is 4.23. The molecule has 4 aromatic rings. The van der Waals surface area contributed by atoms with Gasteiger partial charge in [0.25, 0.3) is 0 Å². The first-order chi connectivity index (χ1) is 17.0. The summed E-state index contributed by atoms with van der Waals surface area (Å²) < 4.78 is 30.7. The number of hydrogen-bond donors (Lipinski definition) is 1. The molecule has 0 aliphatic carbocycles. The Morgan fingerprint density at radius 1 is 0.943 bits per heavy atom. The lowest BCUT2D eigenvalue weighted by molar-refractivity contribution is -0.0232. The Hall–Kier alpha value is -3.49. The average Bonchev–Trinajstić information content (AvgIpc) is 3.52. The van der Waals surface area contributed by atoms with E-state index in [-0.39, 0.29) is 12.2 Å². The van der Waals surface area contributed by atoms with E-state index in [0.29, 0.717) is 31.0 Å². The van der Waals surface area contributed by atoms with E-state index in [2.05, 4.69) is 61.9 Å². The van der Waals surface area contributed by atoms with Crippen LogP contribution >= 0.6 is 0 Å². The van der Waals surface area contributed by atoms with Crippen molar-refractivity contribution in [2.45, 2.75) is 71.3 Å². The zero-order chi connectivity index (χ0) is 24.7. The molecule has 7 nitrogen and oxygen atoms in total. The second kappa shape index (κ2) is 11.3. The number of rotatable bonds is 12. The first kappa shape index (κ1) is 24.6. The number of nitrogens with one attached hydrogen (secondary N) is 1. The third-order valence-corrected chi connectivity index (χ3v) is 5.95. The van der Waals surface area contributed by atoms with Crippen LogP contribution in [0.25, 0.3) is 11.4 Å². The fourth-order valence-corrected chi connectivity index (χ4v) is 4.08. The van der Waals surface area contributed by atoms with Crippen LogP contribution in [0.5, 0.6) is 0 Å². The van der Waals surface area contributed by atoms with Crippen LogP contribution in [0.3, 0.4) is 0 Å². The predicted molar refractivity (Wildman–Crippen MR) is 130 cm³/mol. The minimum Gasteiger partial charge on any atom is -0.245 e. The number of alkyl halides is 2. The highest BCUT2D eigenvalue weighted by molar-refractivity contribution is 5.55. The quantitative estimate of drug-likeness (QED) is 0.263. The van der Waals surface area contributed by atoms with Crippen LogP contribution in [0.15, 0.2) is 48.5 Å². The highest BCUT2D eigenvalue weighted by Crippen LogP contribution is 2.31. The van der Waals surface area contributed by atoms with Gasteiger partial charge < -0.3 is 0 Å². The molecule has 0 radical (unpaired) electrons. The van der Waals surface area contributed by atoms with Gasteiger partial charge in [0.2, 0.25) is 5.82 Å². The maximum Gasteiger partial charge on any atom is 0.308 e. The molecule has 35 heavy (non-hydrogen) atoms. The van der Waals surface area contributed by atoms with Gasteiger partial charge in [-0.2, -0.15) is 8.78 Å². The van der Waals surface area contributed by atoms with Gasteiger partial charge in [-0.3, -0.25) is 0 Å². The number of tetrazole rings is 1. The van der Waals surface area contributed by atoms with Gasteiger partial charge in [0.15, 0.2) is 5.82 Å². The molecule has 0 amide bonds. The summed E-state index contributed by atoms with van der Waals surface area (Å²) in [6.07, 6.45) is 4.56. The van der Waals surface area contributed by atoms with E-state index in [1.165, 1.54) is 0 Å². The Labute approximate surface area is 204 Å². The van der Waals surface area contributed by atoms with E-state index >= 15 is 0 Å². The first-order valence-corrected chi connectivity index (χ1v) is 12.2. The van der Waals surface area contributed by atoms with Gasteiger partial charge in [-0.1, -0.05) is 69.2 Å². The van der Waals surface area contributed by atoms with E-state index in [0.717, 1.165) is 47.9 Å². The van der Waals surface area contributed by atoms with Crippen LogP contribution in [-0.4, -0.2) is 35.4 Å². The van der Waals surface area contributed by atoms with E-state index < -0.39 is 5.92 Å². The maximum atomic E-state index is 14.5. The van der Waals surface area contributed by atoms with Crippen LogP contribution in [0, 0.1) is 0 Å². The summed E-state index contributed by atoms with van der Waals surface area (Å²) in [4.78, 5) is 4.26. The van der Waals surface area contributed by atoms with Crippen molar-refractivity contribution in [3.05, 3.63) is 76.9 Å². The number of H-pyrrole nitrogens is 1. The van der Waals surface area contributed by atoms with Crippen molar-refractivity contribution in [3.63, 3.8) is 0 Å². The SMILES string of the molecule is CCCCCc1nc(C(F)(F)CCC)nn1Cc1ccc(Cc2cccc(-c3nnn[nH]3)c2)cc1. The van der Waals surface area contributed by atoms with Crippen molar-refractivity contribution in [1.82, 2.24) is 35.4 Å². The monoisotopic (exact) mass is 479 g/mol. The van der Waals surface area contributed by atoms with Gasteiger partial charge in [-0.15, -0.1) is 10.2 Å². The molecule has 0 unspecified atom stereocenters. The van der Waals surface area contributed by atoms with Crippen LogP contribution in [0.1, 0.15) is 74.3 Å². The Kier molecular flexibility index (Phi) is 7.94. The lowest BCUT2D eigenvalue weighted by Crippen LogP contribution is -2.15. The Morgan fingerprint density at radius 3 is 2.46 bits per heavy atom. The summed E-state index contributed by atoms with van der Waals surface area (Å²) >= 11 is 0. The molecular weight excluding hydrogens is 448 g/mol. The lowest BCUT2D eigenvalue weighted by Gasteiger charge is -2.10. The fourth-order valence-electron chi connectivity index (χ4n) is 4.08. The number of hydrogen-bond acceptors (Lipinski definition) is 5. The number of halogens is 2. The van der Waals surface area contributed by atoms with Crippen molar-refractivity contribution in [2.75, 3.05) is 0 Å². The Bertz CT molecular complexity index is 1200. The van der Waals surface area contributed by atoms with Crippen LogP contribution < -0.4 is 0 Å². The minimum atomic E-state index is -3.00. The summed E-state index contributed by atoms with van der Waals surface area (Å²) in [7, 11) is 0. The van der Waals surface area contributed by atoms with Gasteiger partial charge in [-0.25, -0.2) is 14.8 Å². The van der Waals surface area contributed by atoms with Crippen molar-refractivity contribution < 1.29 is 8.78 Å². The molecule has 2 heterocycles. The molecule has 1 N–H and O–H groups in total. The van der Waals surface area contributed by atoms with Gasteiger partial charge >= 0.3 is 5.92 Å². The van der Waals surface area contributed by atoms with E-state index in [1.54, 1.807) is 11.6 Å². The maximum absolute atomic E-state index is 14.5. The molecule has 0 aliphatic heterocycles. The first-order valence-electron chi connectivity index (χ1n) is 12.2. The number of benzene rings is 2. The smallest absolute Gasteiger partial charge is 0.245 e. The Balaban J connectivity index is 1.48. The molecule has 0 atom stereocenters. The molecule has 2 aromatic heterocycles. The average molecular weight is 480 g/mol. The van der Waals surface area contributed by atoms with Crippen LogP contribution in [0.2, 0.25) is 0 Å². The van der Waals surface area contributed by atoms with Gasteiger partial charge in [0.1, 0.15) is 5.82 Å². The highest BCUT2D eigenvalue weighted by Gasteiger charge is 2.36. The summed E-state index contributed by atoms with van der Waals surface area (Å²) in [5, 5.41) is 18.2. The number of aromatic nitrogens is 7. The van der Waals surface area contributed by atoms with Gasteiger partial charge in [0.05, 0.1) is 6.54 Å². The van der Waals surface area contributed by atoms with Crippen LogP contribution in [-0.2, 0) is 25.3 Å². The molecule has 4 rings (SSSR count). The summed E-state index contributed by atoms with van der Waals surface area (Å²) in [5.74, 6) is -2.09. The van der Waals surface area contributed by atoms with Crippen molar-refractivity contribution in [1.29, 1.82) is 0 Å². The van der Waals surface area contributed by atoms with E-state index in [4.69, 9.17) is 0 Å². The number of aryl methyl sites for hydroxylation is 1. The molecule has 0 spiro atoms. The molecule has 0 bridgehead atoms. The zero-order valence-corrected chi connectivity index (χ0v) is 20.2. The second-order valence-corrected chi connectivity index (χ2v) is 8.86. The molecule has 9 heteroatoms.